The van der Waals surface area contributed by atoms with Gasteiger partial charge in [0.25, 0.3) is 0 Å². The Hall–Kier alpha value is -1.50. The average Bonchev–Trinajstić information content (AvgIpc) is 3.82. The molecular weight excluding hydrogens is 969 g/mol. The third-order valence-electron chi connectivity index (χ3n) is 18.3. The van der Waals surface area contributed by atoms with Gasteiger partial charge in [-0.25, -0.2) is 0 Å². The third kappa shape index (κ3) is 19.8. The van der Waals surface area contributed by atoms with Gasteiger partial charge in [-0.05, 0) is 181 Å². The van der Waals surface area contributed by atoms with E-state index in [1.54, 1.807) is 0 Å². The van der Waals surface area contributed by atoms with Crippen LogP contribution < -0.4 is 0 Å². The predicted molar refractivity (Wildman–Crippen MR) is 317 cm³/mol. The Morgan fingerprint density at radius 3 is 1.36 bits per heavy atom. The molecule has 10 aliphatic rings. The van der Waals surface area contributed by atoms with Crippen molar-refractivity contribution in [2.45, 2.75) is 234 Å². The number of morpholine rings is 2. The molecular formula is C62H122N8O7. The van der Waals surface area contributed by atoms with Crippen molar-refractivity contribution < 1.29 is 37.4 Å². The smallest absolute Gasteiger partial charge is 0.225 e. The highest BCUT2D eigenvalue weighted by Crippen LogP contribution is 2.37. The monoisotopic (exact) mass is 1090 g/mol. The van der Waals surface area contributed by atoms with Gasteiger partial charge >= 0.3 is 0 Å². The van der Waals surface area contributed by atoms with Crippen molar-refractivity contribution in [3.05, 3.63) is 0 Å². The molecule has 2 unspecified atom stereocenters. The highest BCUT2D eigenvalue weighted by molar-refractivity contribution is 5.80. The second kappa shape index (κ2) is 33.0. The number of hydrogen-bond donors (Lipinski definition) is 0. The Morgan fingerprint density at radius 2 is 0.922 bits per heavy atom. The molecule has 10 fully saturated rings. The Kier molecular flexibility index (Phi) is 27.0. The molecule has 0 aromatic rings. The maximum Gasteiger partial charge on any atom is 0.225 e. The minimum absolute atomic E-state index is 0. The van der Waals surface area contributed by atoms with Gasteiger partial charge in [0, 0.05) is 126 Å². The summed E-state index contributed by atoms with van der Waals surface area (Å²) in [4.78, 5) is 43.2. The van der Waals surface area contributed by atoms with E-state index < -0.39 is 7.04 Å². The van der Waals surface area contributed by atoms with Crippen molar-refractivity contribution in [1.82, 2.24) is 39.2 Å². The number of amides is 2. The van der Waals surface area contributed by atoms with Gasteiger partial charge in [0.2, 0.25) is 11.8 Å². The van der Waals surface area contributed by atoms with Gasteiger partial charge in [-0.1, -0.05) is 13.8 Å². The van der Waals surface area contributed by atoms with Gasteiger partial charge in [0.05, 0.1) is 74.1 Å². The predicted octanol–water partition coefficient (Wildman–Crippen LogP) is 8.47. The molecule has 0 N–H and O–H groups in total. The molecule has 0 bridgehead atoms. The lowest BCUT2D eigenvalue weighted by atomic mass is 9.84. The molecule has 0 radical (unpaired) electrons. The summed E-state index contributed by atoms with van der Waals surface area (Å²) in [6.45, 7) is 51.8. The Bertz CT molecular complexity index is 1700. The molecule has 9 heterocycles. The highest BCUT2D eigenvalue weighted by atomic mass is 16.5. The van der Waals surface area contributed by atoms with Crippen LogP contribution in [0.25, 0.3) is 0 Å². The Balaban J connectivity index is 0.000000207. The van der Waals surface area contributed by atoms with Crippen LogP contribution in [0.3, 0.4) is 0 Å². The highest BCUT2D eigenvalue weighted by Gasteiger charge is 2.48. The molecule has 10 rings (SSSR count). The lowest BCUT2D eigenvalue weighted by Gasteiger charge is -2.53. The minimum Gasteiger partial charge on any atom is -0.380 e. The molecule has 77 heavy (non-hydrogen) atoms. The van der Waals surface area contributed by atoms with E-state index in [2.05, 4.69) is 131 Å². The molecule has 1 saturated carbocycles. The van der Waals surface area contributed by atoms with Gasteiger partial charge in [-0.2, -0.15) is 0 Å². The molecule has 0 aromatic heterocycles. The van der Waals surface area contributed by atoms with Crippen LogP contribution in [0, 0.1) is 11.8 Å². The van der Waals surface area contributed by atoms with Crippen molar-refractivity contribution >= 4 is 11.8 Å². The third-order valence-corrected chi connectivity index (χ3v) is 18.3. The SMILES string of the molecule is C.CC(C)N1CCCC(C(=O)N2CCC2)CC1.CC(C)N1CCCC12COC2.CC(C)N1CCCN(C(=O)C2CCC2)CC1.CC(C)N1CCOCC1(C)C.CC(C)N1CCOCC12COC2.[2H]C([2H])([2H])OC1CCN(C(C)C)C1. The first kappa shape index (κ1) is 63.1. The van der Waals surface area contributed by atoms with E-state index in [0.717, 1.165) is 163 Å². The fourth-order valence-corrected chi connectivity index (χ4v) is 13.0. The van der Waals surface area contributed by atoms with Crippen LogP contribution >= 0.6 is 0 Å². The van der Waals surface area contributed by atoms with Gasteiger partial charge in [0.1, 0.15) is 0 Å². The van der Waals surface area contributed by atoms with E-state index in [4.69, 9.17) is 27.8 Å². The first-order valence-corrected chi connectivity index (χ1v) is 30.9. The molecule has 452 valence electrons. The topological polar surface area (TPSA) is 106 Å². The van der Waals surface area contributed by atoms with Crippen molar-refractivity contribution in [2.24, 2.45) is 11.8 Å². The van der Waals surface area contributed by atoms with E-state index in [1.807, 2.05) is 4.90 Å². The molecule has 15 nitrogen and oxygen atoms in total. The van der Waals surface area contributed by atoms with Gasteiger partial charge in [-0.15, -0.1) is 0 Å². The molecule has 2 amide bonds. The summed E-state index contributed by atoms with van der Waals surface area (Å²) in [6.07, 6.45) is 12.6. The van der Waals surface area contributed by atoms with Crippen molar-refractivity contribution in [3.63, 3.8) is 0 Å². The zero-order valence-corrected chi connectivity index (χ0v) is 51.3. The summed E-state index contributed by atoms with van der Waals surface area (Å²) in [5.74, 6) is 1.53. The fourth-order valence-electron chi connectivity index (χ4n) is 13.0. The maximum absolute atomic E-state index is 12.1. The molecule has 0 aromatic carbocycles. The van der Waals surface area contributed by atoms with E-state index in [0.29, 0.717) is 65.4 Å². The van der Waals surface area contributed by atoms with Crippen LogP contribution in [-0.4, -0.2) is 255 Å². The minimum atomic E-state index is -2.24. The summed E-state index contributed by atoms with van der Waals surface area (Å²) in [6, 6.07) is 3.65. The zero-order valence-electron chi connectivity index (χ0n) is 54.3. The van der Waals surface area contributed by atoms with E-state index in [-0.39, 0.29) is 24.6 Å². The lowest BCUT2D eigenvalue weighted by Crippen LogP contribution is -2.69. The summed E-state index contributed by atoms with van der Waals surface area (Å²) < 4.78 is 47.3. The molecule has 1 aliphatic carbocycles. The number of carbonyl (C=O) groups excluding carboxylic acids is 2. The lowest BCUT2D eigenvalue weighted by molar-refractivity contribution is -0.205. The van der Waals surface area contributed by atoms with Gasteiger partial charge < -0.3 is 38.4 Å². The summed E-state index contributed by atoms with van der Waals surface area (Å²) in [5, 5.41) is 0. The van der Waals surface area contributed by atoms with E-state index >= 15 is 0 Å². The summed E-state index contributed by atoms with van der Waals surface area (Å²) >= 11 is 0. The normalized spacial score (nSPS) is 27.7. The van der Waals surface area contributed by atoms with Gasteiger partial charge in [-0.3, -0.25) is 34.1 Å². The van der Waals surface area contributed by atoms with Crippen molar-refractivity contribution in [3.8, 4) is 0 Å². The quantitative estimate of drug-likeness (QED) is 0.221. The number of methoxy groups -OCH3 is 1. The molecule has 9 aliphatic heterocycles. The first-order chi connectivity index (χ1) is 37.3. The van der Waals surface area contributed by atoms with Crippen LogP contribution in [-0.2, 0) is 33.3 Å². The van der Waals surface area contributed by atoms with Gasteiger partial charge in [0.15, 0.2) is 0 Å². The molecule has 15 heteroatoms. The largest absolute Gasteiger partial charge is 0.380 e. The number of ether oxygens (including phenoxy) is 5. The molecule has 9 saturated heterocycles. The second-order valence-corrected chi connectivity index (χ2v) is 26.3. The zero-order chi connectivity index (χ0) is 58.1. The molecule has 2 spiro atoms. The van der Waals surface area contributed by atoms with E-state index in [9.17, 15) is 9.59 Å². The number of hydrogen-bond acceptors (Lipinski definition) is 13. The molecule has 2 atom stereocenters. The standard InChI is InChI=1S/2C13H24N2O.C9H17NO2.C9H17NO.C9H19NO.C8H17NO.CH4/c1-11(2)14-7-3-5-12(6-10-14)13(16)15-8-4-9-15;1-11(2)14-7-4-8-15(10-9-14)13(16)12-5-3-6-12;1-8(2)10-3-4-11-5-9(10)6-12-7-9;1-8(2)10-5-3-4-9(10)6-11-7-9;1-8(2)10-5-6-11-7-9(10,3)4;1-7(2)9-5-4-8(6-9)10-3;/h2*11-12H,3-10H2,1-2H3;8H,3-7H2,1-2H3;8H,3-7H2,1-2H3;8H,5-7H2,1-4H3;7-8H,4-6H2,1-3H3;1H4/i;;;;;3D3;. The van der Waals surface area contributed by atoms with Crippen LogP contribution in [0.4, 0.5) is 0 Å². The Labute approximate surface area is 477 Å². The average molecular weight is 1090 g/mol. The van der Waals surface area contributed by atoms with Crippen LogP contribution in [0.1, 0.15) is 179 Å². The van der Waals surface area contributed by atoms with E-state index in [1.165, 1.54) is 45.2 Å². The van der Waals surface area contributed by atoms with Crippen LogP contribution in [0.5, 0.6) is 0 Å². The first-order valence-electron chi connectivity index (χ1n) is 32.4. The Morgan fingerprint density at radius 1 is 0.455 bits per heavy atom. The van der Waals surface area contributed by atoms with Crippen LogP contribution in [0.2, 0.25) is 0 Å². The van der Waals surface area contributed by atoms with Crippen molar-refractivity contribution in [2.75, 3.05) is 145 Å². The number of nitrogens with zero attached hydrogens (tertiary/aromatic N) is 8. The number of rotatable bonds is 9. The number of carbonyl (C=O) groups is 2. The van der Waals surface area contributed by atoms with Crippen molar-refractivity contribution in [1.29, 1.82) is 0 Å². The summed E-state index contributed by atoms with van der Waals surface area (Å²) in [5.41, 5.74) is 0.924. The maximum atomic E-state index is 12.1. The fraction of sp³-hybridized carbons (Fsp3) is 0.968. The van der Waals surface area contributed by atoms with Crippen LogP contribution in [0.15, 0.2) is 0 Å². The number of likely N-dealkylation sites (tertiary alicyclic amines) is 4. The summed E-state index contributed by atoms with van der Waals surface area (Å²) in [7, 11) is -2.24. The second-order valence-electron chi connectivity index (χ2n) is 26.3.